The minimum Gasteiger partial charge on any atom is -0.406 e. The molecule has 2 aromatic heterocycles. The lowest BCUT2D eigenvalue weighted by Gasteiger charge is -2.33. The van der Waals surface area contributed by atoms with Gasteiger partial charge in [0.25, 0.3) is 0 Å². The summed E-state index contributed by atoms with van der Waals surface area (Å²) in [5, 5.41) is 23.5. The molecule has 34 heavy (non-hydrogen) atoms. The van der Waals surface area contributed by atoms with Gasteiger partial charge in [0.05, 0.1) is 24.1 Å². The molecule has 0 fully saturated rings. The average Bonchev–Trinajstić information content (AvgIpc) is 3.46. The van der Waals surface area contributed by atoms with Gasteiger partial charge < -0.3 is 9.84 Å². The van der Waals surface area contributed by atoms with Gasteiger partial charge in [-0.2, -0.15) is 5.10 Å². The Kier molecular flexibility index (Phi) is 6.04. The highest BCUT2D eigenvalue weighted by Gasteiger charge is 2.41. The van der Waals surface area contributed by atoms with Crippen LogP contribution < -0.4 is 4.74 Å². The van der Waals surface area contributed by atoms with Crippen LogP contribution in [0.4, 0.5) is 22.0 Å². The molecule has 2 aromatic carbocycles. The molecule has 1 N–H and O–H groups in total. The molecule has 0 aliphatic heterocycles. The largest absolute Gasteiger partial charge is 0.573 e. The van der Waals surface area contributed by atoms with Gasteiger partial charge in [-0.05, 0) is 42.5 Å². The van der Waals surface area contributed by atoms with Crippen LogP contribution in [0.3, 0.4) is 0 Å². The quantitative estimate of drug-likeness (QED) is 0.406. The van der Waals surface area contributed by atoms with Crippen molar-refractivity contribution in [3.8, 4) is 11.4 Å². The van der Waals surface area contributed by atoms with Gasteiger partial charge in [0.1, 0.15) is 35.6 Å². The Morgan fingerprint density at radius 1 is 1.09 bits per heavy atom. The molecule has 0 unspecified atom stereocenters. The summed E-state index contributed by atoms with van der Waals surface area (Å²) in [5.74, 6) is -2.91. The Labute approximate surface area is 189 Å². The van der Waals surface area contributed by atoms with E-state index < -0.39 is 35.3 Å². The summed E-state index contributed by atoms with van der Waals surface area (Å²) in [4.78, 5) is 3.81. The first-order valence-electron chi connectivity index (χ1n) is 9.84. The van der Waals surface area contributed by atoms with Crippen molar-refractivity contribution in [2.45, 2.75) is 31.3 Å². The molecular formula is C21H17F5N6O2. The van der Waals surface area contributed by atoms with E-state index in [4.69, 9.17) is 0 Å². The molecule has 13 heteroatoms. The number of ether oxygens (including phenoxy) is 1. The minimum absolute atomic E-state index is 0.210. The molecule has 8 nitrogen and oxygen atoms in total. The lowest BCUT2D eigenvalue weighted by molar-refractivity contribution is -0.274. The third-order valence-corrected chi connectivity index (χ3v) is 5.27. The predicted octanol–water partition coefficient (Wildman–Crippen LogP) is 3.73. The van der Waals surface area contributed by atoms with E-state index in [9.17, 15) is 27.1 Å². The van der Waals surface area contributed by atoms with E-state index in [-0.39, 0.29) is 17.8 Å². The molecule has 0 amide bonds. The highest BCUT2D eigenvalue weighted by atomic mass is 19.4. The van der Waals surface area contributed by atoms with Crippen LogP contribution in [0.25, 0.3) is 5.69 Å². The van der Waals surface area contributed by atoms with Gasteiger partial charge in [0, 0.05) is 11.5 Å². The van der Waals surface area contributed by atoms with Crippen LogP contribution in [0, 0.1) is 11.6 Å². The van der Waals surface area contributed by atoms with Crippen molar-refractivity contribution < 1.29 is 31.8 Å². The topological polar surface area (TPSA) is 90.9 Å². The lowest BCUT2D eigenvalue weighted by Crippen LogP contribution is -2.38. The highest BCUT2D eigenvalue weighted by Crippen LogP contribution is 2.39. The molecule has 4 rings (SSSR count). The molecule has 2 heterocycles. The number of rotatable bonds is 7. The number of aliphatic hydroxyl groups is 1. The Morgan fingerprint density at radius 3 is 2.47 bits per heavy atom. The van der Waals surface area contributed by atoms with Crippen molar-refractivity contribution in [1.82, 2.24) is 29.8 Å². The molecule has 0 saturated carbocycles. The van der Waals surface area contributed by atoms with Crippen LogP contribution in [-0.2, 0) is 12.1 Å². The van der Waals surface area contributed by atoms with E-state index in [0.29, 0.717) is 5.69 Å². The second-order valence-corrected chi connectivity index (χ2v) is 7.49. The Hall–Kier alpha value is -3.87. The van der Waals surface area contributed by atoms with Gasteiger partial charge in [-0.3, -0.25) is 0 Å². The Bertz CT molecular complexity index is 1260. The summed E-state index contributed by atoms with van der Waals surface area (Å²) in [6.45, 7) is 1.28. The number of benzene rings is 2. The van der Waals surface area contributed by atoms with Crippen LogP contribution in [0.2, 0.25) is 0 Å². The summed E-state index contributed by atoms with van der Waals surface area (Å²) in [6, 6.07) is 7.61. The first-order chi connectivity index (χ1) is 16.0. The molecule has 178 valence electrons. The van der Waals surface area contributed by atoms with E-state index in [1.165, 1.54) is 40.3 Å². The van der Waals surface area contributed by atoms with E-state index >= 15 is 0 Å². The first-order valence-corrected chi connectivity index (χ1v) is 9.84. The summed E-state index contributed by atoms with van der Waals surface area (Å²) in [7, 11) is 0. The molecule has 0 bridgehead atoms. The van der Waals surface area contributed by atoms with Gasteiger partial charge in [-0.15, -0.1) is 18.3 Å². The maximum Gasteiger partial charge on any atom is 0.573 e. The van der Waals surface area contributed by atoms with Crippen molar-refractivity contribution in [2.24, 2.45) is 0 Å². The Balaban J connectivity index is 1.66. The van der Waals surface area contributed by atoms with E-state index in [1.807, 2.05) is 0 Å². The molecule has 0 radical (unpaired) electrons. The maximum absolute atomic E-state index is 14.7. The number of hydrogen-bond acceptors (Lipinski definition) is 6. The van der Waals surface area contributed by atoms with Gasteiger partial charge in [-0.1, -0.05) is 12.1 Å². The number of hydrogen-bond donors (Lipinski definition) is 1. The van der Waals surface area contributed by atoms with Crippen molar-refractivity contribution in [2.75, 3.05) is 0 Å². The smallest absolute Gasteiger partial charge is 0.406 e. The van der Waals surface area contributed by atoms with Crippen LogP contribution in [-0.4, -0.2) is 41.2 Å². The van der Waals surface area contributed by atoms with Crippen LogP contribution in [0.15, 0.2) is 61.3 Å². The van der Waals surface area contributed by atoms with Gasteiger partial charge in [-0.25, -0.2) is 23.1 Å². The zero-order valence-corrected chi connectivity index (χ0v) is 17.5. The minimum atomic E-state index is -4.82. The molecule has 0 aliphatic carbocycles. The number of halogens is 5. The molecule has 4 aromatic rings. The SMILES string of the molecule is C[C@@H](c1cn(-c2ccc(OC(F)(F)F)cc2)nn1)[C@](O)(Cn1cncn1)c1cc(F)ccc1F. The van der Waals surface area contributed by atoms with Crippen LogP contribution >= 0.6 is 0 Å². The zero-order valence-electron chi connectivity index (χ0n) is 17.5. The van der Waals surface area contributed by atoms with Crippen molar-refractivity contribution in [3.63, 3.8) is 0 Å². The number of nitrogens with zero attached hydrogens (tertiary/aromatic N) is 6. The third kappa shape index (κ3) is 4.88. The molecular weight excluding hydrogens is 463 g/mol. The summed E-state index contributed by atoms with van der Waals surface area (Å²) >= 11 is 0. The molecule has 0 aliphatic rings. The summed E-state index contributed by atoms with van der Waals surface area (Å²) in [6.07, 6.45) is -0.850. The van der Waals surface area contributed by atoms with E-state index in [2.05, 4.69) is 25.1 Å². The fourth-order valence-corrected chi connectivity index (χ4v) is 3.49. The lowest BCUT2D eigenvalue weighted by atomic mass is 9.80. The van der Waals surface area contributed by atoms with Gasteiger partial charge >= 0.3 is 6.36 Å². The Morgan fingerprint density at radius 2 is 1.82 bits per heavy atom. The highest BCUT2D eigenvalue weighted by molar-refractivity contribution is 5.37. The van der Waals surface area contributed by atoms with Crippen molar-refractivity contribution in [3.05, 3.63) is 84.2 Å². The standard InChI is InChI=1S/C21H17F5N6O2/c1-13(19-9-32(30-29-19)15-3-5-16(6-4-15)34-21(24,25)26)20(33,10-31-12-27-11-28-31)17-8-14(22)2-7-18(17)23/h2-9,11-13,33H,10H2,1H3/t13-,20+/m0/s1. The fraction of sp³-hybridized carbons (Fsp3) is 0.238. The first kappa shape index (κ1) is 23.3. The van der Waals surface area contributed by atoms with Crippen molar-refractivity contribution >= 4 is 0 Å². The van der Waals surface area contributed by atoms with Crippen molar-refractivity contribution in [1.29, 1.82) is 0 Å². The molecule has 2 atom stereocenters. The molecule has 0 saturated heterocycles. The average molecular weight is 480 g/mol. The fourth-order valence-electron chi connectivity index (χ4n) is 3.49. The van der Waals surface area contributed by atoms with Gasteiger partial charge in [0.15, 0.2) is 0 Å². The van der Waals surface area contributed by atoms with Gasteiger partial charge in [0.2, 0.25) is 0 Å². The van der Waals surface area contributed by atoms with E-state index in [1.54, 1.807) is 6.92 Å². The summed E-state index contributed by atoms with van der Waals surface area (Å²) < 4.78 is 72.1. The zero-order chi connectivity index (χ0) is 24.5. The number of alkyl halides is 3. The second-order valence-electron chi connectivity index (χ2n) is 7.49. The summed E-state index contributed by atoms with van der Waals surface area (Å²) in [5.41, 5.74) is -1.75. The monoisotopic (exact) mass is 480 g/mol. The van der Waals surface area contributed by atoms with E-state index in [0.717, 1.165) is 30.3 Å². The maximum atomic E-state index is 14.7. The second kappa shape index (κ2) is 8.82. The molecule has 0 spiro atoms. The normalized spacial score (nSPS) is 14.6. The third-order valence-electron chi connectivity index (χ3n) is 5.27. The predicted molar refractivity (Wildman–Crippen MR) is 107 cm³/mol. The van der Waals surface area contributed by atoms with Crippen LogP contribution in [0.1, 0.15) is 24.1 Å². The van der Waals surface area contributed by atoms with Crippen LogP contribution in [0.5, 0.6) is 5.75 Å². The number of aromatic nitrogens is 6.